The molecule has 0 spiro atoms. The Bertz CT molecular complexity index is 2030. The monoisotopic (exact) mass is 598 g/mol. The van der Waals surface area contributed by atoms with Crippen LogP contribution < -0.4 is 15.6 Å². The minimum Gasteiger partial charge on any atom is -0.453 e. The Morgan fingerprint density at radius 3 is 2.58 bits per heavy atom. The molecule has 0 fully saturated rings. The van der Waals surface area contributed by atoms with Crippen LogP contribution in [0.3, 0.4) is 0 Å². The third-order valence-electron chi connectivity index (χ3n) is 6.69. The molecule has 4 aromatic heterocycles. The van der Waals surface area contributed by atoms with E-state index < -0.39 is 17.3 Å². The van der Waals surface area contributed by atoms with Gasteiger partial charge >= 0.3 is 0 Å². The summed E-state index contributed by atoms with van der Waals surface area (Å²) in [5.74, 6) is 0.142. The molecular formula is C31H27FN6O4S. The van der Waals surface area contributed by atoms with Gasteiger partial charge in [0.2, 0.25) is 0 Å². The Balaban J connectivity index is 1.26. The quantitative estimate of drug-likeness (QED) is 0.206. The predicted octanol–water partition coefficient (Wildman–Crippen LogP) is 6.76. The molecule has 10 nitrogen and oxygen atoms in total. The number of hydrogen-bond donors (Lipinski definition) is 1. The molecule has 0 aliphatic heterocycles. The van der Waals surface area contributed by atoms with Gasteiger partial charge in [-0.3, -0.25) is 19.3 Å². The van der Waals surface area contributed by atoms with Crippen molar-refractivity contribution in [3.05, 3.63) is 100 Å². The molecule has 0 aliphatic rings. The second-order valence-electron chi connectivity index (χ2n) is 10.4. The number of amides is 1. The molecule has 0 radical (unpaired) electrons. The van der Waals surface area contributed by atoms with Crippen molar-refractivity contribution in [3.8, 4) is 28.0 Å². The molecule has 0 unspecified atom stereocenters. The Morgan fingerprint density at radius 1 is 1.09 bits per heavy atom. The first-order chi connectivity index (χ1) is 20.7. The SMILES string of the molecule is Cc1noc(-c2cc3nccc(Oc4ccc(NC(=O)c5c(C)n(CC(C)C)n(-c6ccccc6)c5=O)cc4F)c3s2)n1. The number of aryl methyl sites for hydroxylation is 1. The molecule has 0 saturated carbocycles. The summed E-state index contributed by atoms with van der Waals surface area (Å²) < 4.78 is 30.4. The highest BCUT2D eigenvalue weighted by molar-refractivity contribution is 7.22. The number of nitrogens with zero attached hydrogens (tertiary/aromatic N) is 5. The van der Waals surface area contributed by atoms with E-state index in [0.29, 0.717) is 50.5 Å². The van der Waals surface area contributed by atoms with Gasteiger partial charge in [0.15, 0.2) is 17.4 Å². The van der Waals surface area contributed by atoms with E-state index in [4.69, 9.17) is 9.26 Å². The van der Waals surface area contributed by atoms with Crippen LogP contribution in [-0.2, 0) is 6.54 Å². The fourth-order valence-electron chi connectivity index (χ4n) is 4.77. The van der Waals surface area contributed by atoms with Crippen LogP contribution in [0.1, 0.15) is 35.7 Å². The molecule has 1 amide bonds. The lowest BCUT2D eigenvalue weighted by molar-refractivity contribution is 0.102. The van der Waals surface area contributed by atoms with Crippen molar-refractivity contribution in [2.24, 2.45) is 5.92 Å². The summed E-state index contributed by atoms with van der Waals surface area (Å²) in [6.45, 7) is 8.07. The molecule has 12 heteroatoms. The third-order valence-corrected chi connectivity index (χ3v) is 7.81. The lowest BCUT2D eigenvalue weighted by Gasteiger charge is -2.15. The number of rotatable bonds is 8. The van der Waals surface area contributed by atoms with E-state index in [1.807, 2.05) is 44.2 Å². The molecule has 0 aliphatic carbocycles. The van der Waals surface area contributed by atoms with Gasteiger partial charge in [0.25, 0.3) is 17.4 Å². The van der Waals surface area contributed by atoms with Crippen molar-refractivity contribution in [1.29, 1.82) is 0 Å². The average molecular weight is 599 g/mol. The number of para-hydroxylation sites is 1. The van der Waals surface area contributed by atoms with Crippen LogP contribution in [0.5, 0.6) is 11.5 Å². The van der Waals surface area contributed by atoms with Gasteiger partial charge in [-0.05, 0) is 50.1 Å². The van der Waals surface area contributed by atoms with Crippen molar-refractivity contribution in [1.82, 2.24) is 24.5 Å². The minimum atomic E-state index is -0.692. The fraction of sp³-hybridized carbons (Fsp3) is 0.194. The standard InChI is InChI=1S/C31H27FN6O4S/c1-17(2)16-37-18(3)27(31(40)38(37)21-8-6-5-7-9-21)29(39)35-20-10-11-24(22(32)14-20)41-25-12-13-33-23-15-26(43-28(23)25)30-34-19(4)36-42-30/h5-15,17H,16H2,1-4H3,(H,35,39). The Morgan fingerprint density at radius 2 is 1.88 bits per heavy atom. The first-order valence-electron chi connectivity index (χ1n) is 13.6. The largest absolute Gasteiger partial charge is 0.453 e. The van der Waals surface area contributed by atoms with Crippen LogP contribution >= 0.6 is 11.3 Å². The first-order valence-corrected chi connectivity index (χ1v) is 14.4. The van der Waals surface area contributed by atoms with Gasteiger partial charge in [-0.2, -0.15) is 4.98 Å². The summed E-state index contributed by atoms with van der Waals surface area (Å²) in [7, 11) is 0. The number of thiophene rings is 1. The molecule has 218 valence electrons. The number of aromatic nitrogens is 5. The van der Waals surface area contributed by atoms with Crippen molar-refractivity contribution < 1.29 is 18.4 Å². The van der Waals surface area contributed by atoms with Crippen LogP contribution in [0.15, 0.2) is 76.2 Å². The number of benzene rings is 2. The number of ether oxygens (including phenoxy) is 1. The number of nitrogens with one attached hydrogen (secondary N) is 1. The molecular weight excluding hydrogens is 571 g/mol. The van der Waals surface area contributed by atoms with E-state index in [0.717, 1.165) is 6.07 Å². The first kappa shape index (κ1) is 28.0. The summed E-state index contributed by atoms with van der Waals surface area (Å²) in [4.78, 5) is 36.2. The van der Waals surface area contributed by atoms with Gasteiger partial charge in [-0.25, -0.2) is 9.07 Å². The molecule has 1 N–H and O–H groups in total. The maximum absolute atomic E-state index is 15.3. The second-order valence-corrected chi connectivity index (χ2v) is 11.4. The lowest BCUT2D eigenvalue weighted by Crippen LogP contribution is -2.26. The van der Waals surface area contributed by atoms with Gasteiger partial charge in [0.1, 0.15) is 11.3 Å². The number of anilines is 1. The van der Waals surface area contributed by atoms with Gasteiger partial charge < -0.3 is 14.6 Å². The zero-order valence-electron chi connectivity index (χ0n) is 23.8. The van der Waals surface area contributed by atoms with Crippen LogP contribution in [0.2, 0.25) is 0 Å². The Hall–Kier alpha value is -5.10. The highest BCUT2D eigenvalue weighted by Crippen LogP contribution is 2.39. The summed E-state index contributed by atoms with van der Waals surface area (Å²) in [5, 5.41) is 6.50. The van der Waals surface area contributed by atoms with Crippen LogP contribution in [0.25, 0.3) is 26.7 Å². The number of pyridine rings is 1. The van der Waals surface area contributed by atoms with Crippen LogP contribution in [0, 0.1) is 25.6 Å². The Kier molecular flexibility index (Phi) is 7.36. The number of carbonyl (C=O) groups excluding carboxylic acids is 1. The lowest BCUT2D eigenvalue weighted by atomic mass is 10.2. The number of fused-ring (bicyclic) bond motifs is 1. The van der Waals surface area contributed by atoms with Gasteiger partial charge in [-0.1, -0.05) is 37.2 Å². The smallest absolute Gasteiger partial charge is 0.284 e. The Labute approximate surface area is 249 Å². The van der Waals surface area contributed by atoms with Crippen molar-refractivity contribution >= 4 is 33.1 Å². The summed E-state index contributed by atoms with van der Waals surface area (Å²) in [5.41, 5.74) is 1.54. The van der Waals surface area contributed by atoms with E-state index in [2.05, 4.69) is 20.4 Å². The van der Waals surface area contributed by atoms with Crippen LogP contribution in [0.4, 0.5) is 10.1 Å². The molecule has 0 atom stereocenters. The summed E-state index contributed by atoms with van der Waals surface area (Å²) in [6.07, 6.45) is 1.57. The normalized spacial score (nSPS) is 11.4. The molecule has 6 aromatic rings. The summed E-state index contributed by atoms with van der Waals surface area (Å²) >= 11 is 1.34. The highest BCUT2D eigenvalue weighted by Gasteiger charge is 2.25. The number of hydrogen-bond acceptors (Lipinski definition) is 8. The molecule has 0 bridgehead atoms. The summed E-state index contributed by atoms with van der Waals surface area (Å²) in [6, 6.07) is 16.7. The van der Waals surface area contributed by atoms with Gasteiger partial charge in [-0.15, -0.1) is 11.3 Å². The average Bonchev–Trinajstić information content (AvgIpc) is 3.67. The zero-order chi connectivity index (χ0) is 30.2. The van der Waals surface area contributed by atoms with Crippen molar-refractivity contribution in [3.63, 3.8) is 0 Å². The van der Waals surface area contributed by atoms with E-state index in [-0.39, 0.29) is 22.9 Å². The van der Waals surface area contributed by atoms with Gasteiger partial charge in [0, 0.05) is 30.6 Å². The van der Waals surface area contributed by atoms with Crippen molar-refractivity contribution in [2.45, 2.75) is 34.2 Å². The van der Waals surface area contributed by atoms with E-state index in [9.17, 15) is 9.59 Å². The van der Waals surface area contributed by atoms with Crippen molar-refractivity contribution in [2.75, 3.05) is 5.32 Å². The predicted molar refractivity (Wildman–Crippen MR) is 162 cm³/mol. The molecule has 2 aromatic carbocycles. The minimum absolute atomic E-state index is 0.00523. The molecule has 4 heterocycles. The molecule has 0 saturated heterocycles. The highest BCUT2D eigenvalue weighted by atomic mass is 32.1. The van der Waals surface area contributed by atoms with E-state index >= 15 is 4.39 Å². The molecule has 43 heavy (non-hydrogen) atoms. The maximum atomic E-state index is 15.3. The number of halogens is 1. The maximum Gasteiger partial charge on any atom is 0.284 e. The van der Waals surface area contributed by atoms with Crippen LogP contribution in [-0.4, -0.2) is 30.4 Å². The molecule has 6 rings (SSSR count). The topological polar surface area (TPSA) is 117 Å². The third kappa shape index (κ3) is 5.44. The van der Waals surface area contributed by atoms with E-state index in [1.54, 1.807) is 36.9 Å². The van der Waals surface area contributed by atoms with Gasteiger partial charge in [0.05, 0.1) is 26.5 Å². The fourth-order valence-corrected chi connectivity index (χ4v) is 5.76. The second kappa shape index (κ2) is 11.3. The zero-order valence-corrected chi connectivity index (χ0v) is 24.6. The van der Waals surface area contributed by atoms with E-state index in [1.165, 1.54) is 28.2 Å². The number of carbonyl (C=O) groups is 1.